The van der Waals surface area contributed by atoms with Gasteiger partial charge < -0.3 is 5.73 Å². The Morgan fingerprint density at radius 3 is 2.52 bits per heavy atom. The lowest BCUT2D eigenvalue weighted by Gasteiger charge is -2.32. The van der Waals surface area contributed by atoms with Gasteiger partial charge in [-0.2, -0.15) is 0 Å². The van der Waals surface area contributed by atoms with E-state index in [9.17, 15) is 0 Å². The fraction of sp³-hybridized carbons (Fsp3) is 0.684. The van der Waals surface area contributed by atoms with Crippen molar-refractivity contribution in [3.8, 4) is 0 Å². The van der Waals surface area contributed by atoms with E-state index in [2.05, 4.69) is 56.9 Å². The molecule has 21 heavy (non-hydrogen) atoms. The van der Waals surface area contributed by atoms with Crippen molar-refractivity contribution in [1.82, 2.24) is 4.90 Å². The maximum Gasteiger partial charge on any atom is 0.0473 e. The van der Waals surface area contributed by atoms with Crippen molar-refractivity contribution in [1.29, 1.82) is 0 Å². The summed E-state index contributed by atoms with van der Waals surface area (Å²) in [5.41, 5.74) is 9.34. The van der Waals surface area contributed by atoms with Crippen LogP contribution >= 0.6 is 0 Å². The van der Waals surface area contributed by atoms with Gasteiger partial charge in [-0.25, -0.2) is 0 Å². The normalized spacial score (nSPS) is 22.8. The second-order valence-electron chi connectivity index (χ2n) is 7.64. The first-order valence-electron chi connectivity index (χ1n) is 8.43. The van der Waals surface area contributed by atoms with Crippen LogP contribution in [0.3, 0.4) is 0 Å². The van der Waals surface area contributed by atoms with Crippen LogP contribution in [0.4, 0.5) is 0 Å². The molecule has 2 heteroatoms. The van der Waals surface area contributed by atoms with Gasteiger partial charge in [0, 0.05) is 12.6 Å². The second-order valence-corrected chi connectivity index (χ2v) is 7.64. The molecule has 118 valence electrons. The Balaban J connectivity index is 2.11. The topological polar surface area (TPSA) is 29.3 Å². The molecule has 2 rings (SSSR count). The molecule has 1 aliphatic heterocycles. The molecule has 1 aromatic carbocycles. The minimum Gasteiger partial charge on any atom is -0.329 e. The third kappa shape index (κ3) is 4.08. The van der Waals surface area contributed by atoms with Gasteiger partial charge in [0.05, 0.1) is 0 Å². The molecule has 1 aliphatic rings. The minimum atomic E-state index is 0.380. The molecule has 0 spiro atoms. The summed E-state index contributed by atoms with van der Waals surface area (Å²) in [5.74, 6) is 0.831. The smallest absolute Gasteiger partial charge is 0.0473 e. The minimum absolute atomic E-state index is 0.380. The monoisotopic (exact) mass is 288 g/mol. The van der Waals surface area contributed by atoms with Crippen LogP contribution in [0.5, 0.6) is 0 Å². The molecule has 2 atom stereocenters. The zero-order valence-electron chi connectivity index (χ0n) is 14.2. The van der Waals surface area contributed by atoms with Crippen LogP contribution in [-0.4, -0.2) is 24.5 Å². The summed E-state index contributed by atoms with van der Waals surface area (Å²) in [6.45, 7) is 12.4. The van der Waals surface area contributed by atoms with E-state index in [0.29, 0.717) is 18.0 Å². The van der Waals surface area contributed by atoms with Crippen molar-refractivity contribution >= 4 is 0 Å². The van der Waals surface area contributed by atoms with E-state index in [1.165, 1.54) is 43.5 Å². The second kappa shape index (κ2) is 6.93. The van der Waals surface area contributed by atoms with Gasteiger partial charge >= 0.3 is 0 Å². The molecule has 0 aliphatic carbocycles. The molecule has 0 aromatic heterocycles. The highest BCUT2D eigenvalue weighted by Gasteiger charge is 2.29. The summed E-state index contributed by atoms with van der Waals surface area (Å²) >= 11 is 0. The van der Waals surface area contributed by atoms with Gasteiger partial charge in [-0.15, -0.1) is 0 Å². The van der Waals surface area contributed by atoms with E-state index in [4.69, 9.17) is 5.73 Å². The van der Waals surface area contributed by atoms with Gasteiger partial charge in [0.15, 0.2) is 0 Å². The van der Waals surface area contributed by atoms with Crippen molar-refractivity contribution in [2.24, 2.45) is 17.1 Å². The van der Waals surface area contributed by atoms with Gasteiger partial charge in [0.1, 0.15) is 0 Å². The van der Waals surface area contributed by atoms with Crippen LogP contribution in [0.25, 0.3) is 0 Å². The van der Waals surface area contributed by atoms with Crippen LogP contribution < -0.4 is 5.73 Å². The lowest BCUT2D eigenvalue weighted by molar-refractivity contribution is 0.184. The number of benzene rings is 1. The zero-order chi connectivity index (χ0) is 15.5. The first kappa shape index (κ1) is 16.5. The van der Waals surface area contributed by atoms with Crippen molar-refractivity contribution in [3.63, 3.8) is 0 Å². The van der Waals surface area contributed by atoms with E-state index >= 15 is 0 Å². The number of hydrogen-bond donors (Lipinski definition) is 1. The highest BCUT2D eigenvalue weighted by molar-refractivity contribution is 5.29. The van der Waals surface area contributed by atoms with Crippen LogP contribution in [0.1, 0.15) is 57.2 Å². The average Bonchev–Trinajstić information content (AvgIpc) is 2.67. The molecule has 1 fully saturated rings. The Bertz CT molecular complexity index is 447. The maximum absolute atomic E-state index is 6.13. The molecule has 0 bridgehead atoms. The van der Waals surface area contributed by atoms with E-state index in [1.807, 2.05) is 0 Å². The van der Waals surface area contributed by atoms with Gasteiger partial charge in [-0.05, 0) is 61.7 Å². The lowest BCUT2D eigenvalue weighted by atomic mass is 9.77. The van der Waals surface area contributed by atoms with E-state index in [0.717, 1.165) is 5.92 Å². The number of nitrogens with zero attached hydrogens (tertiary/aromatic N) is 1. The number of rotatable bonds is 3. The molecule has 1 aromatic rings. The highest BCUT2D eigenvalue weighted by Crippen LogP contribution is 2.36. The summed E-state index contributed by atoms with van der Waals surface area (Å²) < 4.78 is 0. The fourth-order valence-corrected chi connectivity index (χ4v) is 3.73. The molecular formula is C19H32N2. The van der Waals surface area contributed by atoms with Crippen molar-refractivity contribution in [2.75, 3.05) is 19.6 Å². The molecule has 0 amide bonds. The van der Waals surface area contributed by atoms with Gasteiger partial charge in [-0.1, -0.05) is 45.0 Å². The SMILES string of the molecule is Cc1ccccc1C(CN)N1CCCC(C(C)(C)C)CC1. The van der Waals surface area contributed by atoms with E-state index in [1.54, 1.807) is 0 Å². The molecule has 1 heterocycles. The maximum atomic E-state index is 6.13. The Hall–Kier alpha value is -0.860. The van der Waals surface area contributed by atoms with E-state index in [-0.39, 0.29) is 0 Å². The number of likely N-dealkylation sites (tertiary alicyclic amines) is 1. The largest absolute Gasteiger partial charge is 0.329 e. The van der Waals surface area contributed by atoms with Crippen molar-refractivity contribution in [2.45, 2.75) is 53.0 Å². The summed E-state index contributed by atoms with van der Waals surface area (Å²) in [6, 6.07) is 9.09. The van der Waals surface area contributed by atoms with Crippen LogP contribution in [-0.2, 0) is 0 Å². The predicted molar refractivity (Wildman–Crippen MR) is 91.3 cm³/mol. The average molecular weight is 288 g/mol. The third-order valence-corrected chi connectivity index (χ3v) is 5.20. The van der Waals surface area contributed by atoms with Crippen molar-refractivity contribution in [3.05, 3.63) is 35.4 Å². The molecule has 0 radical (unpaired) electrons. The van der Waals surface area contributed by atoms with E-state index < -0.39 is 0 Å². The van der Waals surface area contributed by atoms with Crippen LogP contribution in [0, 0.1) is 18.3 Å². The molecule has 2 N–H and O–H groups in total. The summed E-state index contributed by atoms with van der Waals surface area (Å²) in [5, 5.41) is 0. The lowest BCUT2D eigenvalue weighted by Crippen LogP contribution is -2.35. The van der Waals surface area contributed by atoms with Crippen molar-refractivity contribution < 1.29 is 0 Å². The fourth-order valence-electron chi connectivity index (χ4n) is 3.73. The standard InChI is InChI=1S/C19H32N2/c1-15-8-5-6-10-17(15)18(14-20)21-12-7-9-16(11-13-21)19(2,3)4/h5-6,8,10,16,18H,7,9,11-14,20H2,1-4H3. The number of aryl methyl sites for hydroxylation is 1. The predicted octanol–water partition coefficient (Wildman–Crippen LogP) is 4.14. The molecular weight excluding hydrogens is 256 g/mol. The first-order chi connectivity index (χ1) is 9.93. The zero-order valence-corrected chi connectivity index (χ0v) is 14.2. The Morgan fingerprint density at radius 1 is 1.19 bits per heavy atom. The first-order valence-corrected chi connectivity index (χ1v) is 8.43. The van der Waals surface area contributed by atoms with Crippen LogP contribution in [0.2, 0.25) is 0 Å². The summed E-state index contributed by atoms with van der Waals surface area (Å²) in [4.78, 5) is 2.62. The Labute approximate surface area is 130 Å². The third-order valence-electron chi connectivity index (χ3n) is 5.20. The van der Waals surface area contributed by atoms with Crippen LogP contribution in [0.15, 0.2) is 24.3 Å². The summed E-state index contributed by atoms with van der Waals surface area (Å²) in [7, 11) is 0. The Kier molecular flexibility index (Phi) is 5.45. The quantitative estimate of drug-likeness (QED) is 0.905. The molecule has 2 unspecified atom stereocenters. The Morgan fingerprint density at radius 2 is 1.90 bits per heavy atom. The number of nitrogens with two attached hydrogens (primary N) is 1. The van der Waals surface area contributed by atoms with Gasteiger partial charge in [-0.3, -0.25) is 4.90 Å². The molecule has 2 nitrogen and oxygen atoms in total. The highest BCUT2D eigenvalue weighted by atomic mass is 15.2. The molecule has 0 saturated carbocycles. The van der Waals surface area contributed by atoms with Gasteiger partial charge in [0.2, 0.25) is 0 Å². The number of hydrogen-bond acceptors (Lipinski definition) is 2. The molecule has 1 saturated heterocycles. The van der Waals surface area contributed by atoms with Gasteiger partial charge in [0.25, 0.3) is 0 Å². The summed E-state index contributed by atoms with van der Waals surface area (Å²) in [6.07, 6.45) is 3.95.